The van der Waals surface area contributed by atoms with Crippen molar-refractivity contribution in [3.63, 3.8) is 0 Å². The molecule has 22 heavy (non-hydrogen) atoms. The third-order valence-corrected chi connectivity index (χ3v) is 3.30. The number of hydrogen-bond acceptors (Lipinski definition) is 6. The summed E-state index contributed by atoms with van der Waals surface area (Å²) in [6.45, 7) is 6.67. The summed E-state index contributed by atoms with van der Waals surface area (Å²) in [5, 5.41) is 12.6. The van der Waals surface area contributed by atoms with E-state index in [0.717, 1.165) is 0 Å². The van der Waals surface area contributed by atoms with E-state index in [1.54, 1.807) is 27.9 Å². The third-order valence-electron chi connectivity index (χ3n) is 3.30. The number of hydrogen-bond donors (Lipinski definition) is 3. The zero-order chi connectivity index (χ0) is 17.0. The van der Waals surface area contributed by atoms with Crippen molar-refractivity contribution < 1.29 is 24.2 Å². The summed E-state index contributed by atoms with van der Waals surface area (Å²) >= 11 is 0. The highest BCUT2D eigenvalue weighted by molar-refractivity contribution is 5.84. The molecule has 1 saturated heterocycles. The molecule has 1 heterocycles. The Morgan fingerprint density at radius 3 is 2.45 bits per heavy atom. The maximum absolute atomic E-state index is 11.8. The minimum atomic E-state index is -1.46. The molecule has 1 fully saturated rings. The fraction of sp³-hybridized carbons (Fsp3) is 0.857. The van der Waals surface area contributed by atoms with Gasteiger partial charge in [-0.05, 0) is 27.2 Å². The first-order valence-corrected chi connectivity index (χ1v) is 7.29. The fourth-order valence-corrected chi connectivity index (χ4v) is 2.23. The molecule has 128 valence electrons. The number of nitrogens with one attached hydrogen (secondary N) is 1. The van der Waals surface area contributed by atoms with Crippen molar-refractivity contribution in [1.29, 1.82) is 0 Å². The van der Waals surface area contributed by atoms with Gasteiger partial charge in [-0.15, -0.1) is 0 Å². The van der Waals surface area contributed by atoms with Gasteiger partial charge in [0.25, 0.3) is 5.91 Å². The van der Waals surface area contributed by atoms with E-state index in [1.165, 1.54) is 0 Å². The average molecular weight is 317 g/mol. The Morgan fingerprint density at radius 2 is 2.00 bits per heavy atom. The first-order valence-electron chi connectivity index (χ1n) is 7.29. The van der Waals surface area contributed by atoms with Crippen LogP contribution in [0.1, 0.15) is 27.2 Å². The molecule has 0 radical (unpaired) electrons. The number of aliphatic hydroxyl groups is 1. The van der Waals surface area contributed by atoms with Gasteiger partial charge in [0, 0.05) is 39.4 Å². The number of ether oxygens (including phenoxy) is 2. The van der Waals surface area contributed by atoms with Crippen LogP contribution < -0.4 is 11.1 Å². The predicted molar refractivity (Wildman–Crippen MR) is 80.2 cm³/mol. The van der Waals surface area contributed by atoms with Crippen LogP contribution >= 0.6 is 0 Å². The summed E-state index contributed by atoms with van der Waals surface area (Å²) < 4.78 is 10.3. The van der Waals surface area contributed by atoms with Crippen molar-refractivity contribution in [3.05, 3.63) is 0 Å². The van der Waals surface area contributed by atoms with E-state index in [9.17, 15) is 14.7 Å². The second-order valence-corrected chi connectivity index (χ2v) is 6.69. The number of methoxy groups -OCH3 is 1. The van der Waals surface area contributed by atoms with Crippen molar-refractivity contribution in [2.45, 2.75) is 44.4 Å². The Balaban J connectivity index is 2.48. The Labute approximate surface area is 130 Å². The van der Waals surface area contributed by atoms with E-state index < -0.39 is 23.2 Å². The summed E-state index contributed by atoms with van der Waals surface area (Å²) in [5.41, 5.74) is 3.10. The molecule has 0 aromatic rings. The maximum atomic E-state index is 11.8. The first-order chi connectivity index (χ1) is 10.1. The molecular formula is C14H27N3O5. The molecule has 1 atom stereocenters. The molecule has 0 saturated carbocycles. The number of rotatable bonds is 7. The van der Waals surface area contributed by atoms with Gasteiger partial charge in [0.2, 0.25) is 0 Å². The highest BCUT2D eigenvalue weighted by atomic mass is 16.6. The maximum Gasteiger partial charge on any atom is 0.407 e. The van der Waals surface area contributed by atoms with Crippen LogP contribution in [0.15, 0.2) is 0 Å². The van der Waals surface area contributed by atoms with E-state index in [4.69, 9.17) is 15.2 Å². The number of alkyl carbamates (subject to hydrolysis) is 1. The van der Waals surface area contributed by atoms with Crippen molar-refractivity contribution in [2.75, 3.05) is 33.4 Å². The van der Waals surface area contributed by atoms with Crippen LogP contribution in [0.3, 0.4) is 0 Å². The number of carbonyl (C=O) groups excluding carboxylic acids is 2. The number of β-amino-alcohol motifs (C(OH)–C–C–N with tert-alkyl or cyclic N) is 1. The van der Waals surface area contributed by atoms with Crippen LogP contribution in [-0.2, 0) is 14.3 Å². The van der Waals surface area contributed by atoms with E-state index in [1.807, 2.05) is 4.90 Å². The second kappa shape index (κ2) is 7.26. The van der Waals surface area contributed by atoms with Crippen molar-refractivity contribution in [3.8, 4) is 0 Å². The molecule has 2 amide bonds. The molecule has 0 bridgehead atoms. The minimum Gasteiger partial charge on any atom is -0.444 e. The minimum absolute atomic E-state index is 0.168. The molecule has 0 aromatic heterocycles. The monoisotopic (exact) mass is 317 g/mol. The largest absolute Gasteiger partial charge is 0.444 e. The number of amides is 2. The number of carbonyl (C=O) groups is 2. The van der Waals surface area contributed by atoms with Crippen LogP contribution in [0.5, 0.6) is 0 Å². The molecule has 1 aliphatic heterocycles. The molecule has 8 nitrogen and oxygen atoms in total. The Kier molecular flexibility index (Phi) is 6.16. The lowest BCUT2D eigenvalue weighted by molar-refractivity contribution is -0.156. The number of likely N-dealkylation sites (tertiary alicyclic amines) is 1. The lowest BCUT2D eigenvalue weighted by atomic mass is 9.92. The standard InChI is InChI=1S/C14H27N3O5/c1-13(2,3)22-12(19)16-10(5-6-21-4)7-17-8-14(20,9-17)11(15)18/h10,20H,5-9H2,1-4H3,(H2,15,18)(H,16,19). The smallest absolute Gasteiger partial charge is 0.407 e. The van der Waals surface area contributed by atoms with Crippen LogP contribution in [0, 0.1) is 0 Å². The Bertz CT molecular complexity index is 402. The van der Waals surface area contributed by atoms with E-state index >= 15 is 0 Å². The summed E-state index contributed by atoms with van der Waals surface area (Å²) in [7, 11) is 1.58. The van der Waals surface area contributed by atoms with Crippen LogP contribution in [0.25, 0.3) is 0 Å². The van der Waals surface area contributed by atoms with Gasteiger partial charge >= 0.3 is 6.09 Å². The molecule has 0 spiro atoms. The number of nitrogens with two attached hydrogens (primary N) is 1. The first kappa shape index (κ1) is 18.7. The van der Waals surface area contributed by atoms with Gasteiger partial charge in [-0.3, -0.25) is 9.69 Å². The third kappa shape index (κ3) is 5.78. The zero-order valence-electron chi connectivity index (χ0n) is 13.7. The molecule has 1 rings (SSSR count). The summed E-state index contributed by atoms with van der Waals surface area (Å²) in [5.74, 6) is -0.725. The number of nitrogens with zero attached hydrogens (tertiary/aromatic N) is 1. The molecule has 0 aromatic carbocycles. The second-order valence-electron chi connectivity index (χ2n) is 6.69. The van der Waals surface area contributed by atoms with Gasteiger partial charge in [0.15, 0.2) is 5.60 Å². The lowest BCUT2D eigenvalue weighted by Gasteiger charge is -2.45. The van der Waals surface area contributed by atoms with Crippen LogP contribution in [0.2, 0.25) is 0 Å². The van der Waals surface area contributed by atoms with Gasteiger partial charge in [-0.25, -0.2) is 4.79 Å². The lowest BCUT2D eigenvalue weighted by Crippen LogP contribution is -2.69. The Morgan fingerprint density at radius 1 is 1.41 bits per heavy atom. The summed E-state index contributed by atoms with van der Waals surface area (Å²) in [4.78, 5) is 24.8. The van der Waals surface area contributed by atoms with Gasteiger partial charge in [-0.2, -0.15) is 0 Å². The molecule has 1 aliphatic rings. The normalized spacial score (nSPS) is 19.1. The SMILES string of the molecule is COCCC(CN1CC(O)(C(N)=O)C1)NC(=O)OC(C)(C)C. The van der Waals surface area contributed by atoms with E-state index in [2.05, 4.69) is 5.32 Å². The van der Waals surface area contributed by atoms with Crippen molar-refractivity contribution in [1.82, 2.24) is 10.2 Å². The van der Waals surface area contributed by atoms with Gasteiger partial charge in [-0.1, -0.05) is 0 Å². The van der Waals surface area contributed by atoms with Gasteiger partial charge < -0.3 is 25.6 Å². The van der Waals surface area contributed by atoms with Crippen molar-refractivity contribution >= 4 is 12.0 Å². The van der Waals surface area contributed by atoms with Crippen LogP contribution in [0.4, 0.5) is 4.79 Å². The van der Waals surface area contributed by atoms with E-state index in [-0.39, 0.29) is 19.1 Å². The topological polar surface area (TPSA) is 114 Å². The summed E-state index contributed by atoms with van der Waals surface area (Å²) in [6, 6.07) is -0.202. The molecule has 0 aliphatic carbocycles. The molecule has 1 unspecified atom stereocenters. The Hall–Kier alpha value is -1.38. The van der Waals surface area contributed by atoms with Gasteiger partial charge in [0.1, 0.15) is 5.60 Å². The highest BCUT2D eigenvalue weighted by Gasteiger charge is 2.46. The molecular weight excluding hydrogens is 290 g/mol. The predicted octanol–water partition coefficient (Wildman–Crippen LogP) is -0.552. The van der Waals surface area contributed by atoms with E-state index in [0.29, 0.717) is 19.6 Å². The van der Waals surface area contributed by atoms with Crippen molar-refractivity contribution in [2.24, 2.45) is 5.73 Å². The zero-order valence-corrected chi connectivity index (χ0v) is 13.7. The van der Waals surface area contributed by atoms with Gasteiger partial charge in [0.05, 0.1) is 0 Å². The quantitative estimate of drug-likeness (QED) is 0.580. The molecule has 4 N–H and O–H groups in total. The highest BCUT2D eigenvalue weighted by Crippen LogP contribution is 2.20. The van der Waals surface area contributed by atoms with Crippen LogP contribution in [-0.4, -0.2) is 72.6 Å². The average Bonchev–Trinajstić information content (AvgIpc) is 2.30. The molecule has 8 heteroatoms. The summed E-state index contributed by atoms with van der Waals surface area (Å²) in [6.07, 6.45) is 0.0978. The number of primary amides is 1. The fourth-order valence-electron chi connectivity index (χ4n) is 2.23.